The van der Waals surface area contributed by atoms with Crippen molar-refractivity contribution in [2.24, 2.45) is 0 Å². The maximum Gasteiger partial charge on any atom is 0.0711 e. The molecule has 0 aliphatic rings. The molecule has 0 aliphatic carbocycles. The Hall–Kier alpha value is -3.71. The van der Waals surface area contributed by atoms with Crippen molar-refractivity contribution >= 4 is 10.8 Å². The van der Waals surface area contributed by atoms with Gasteiger partial charge in [0.1, 0.15) is 0 Å². The summed E-state index contributed by atoms with van der Waals surface area (Å²) < 4.78 is 0. The van der Waals surface area contributed by atoms with Crippen LogP contribution in [0.5, 0.6) is 0 Å². The lowest BCUT2D eigenvalue weighted by atomic mass is 9.94. The normalized spacial score (nSPS) is 10.9. The molecule has 0 N–H and O–H groups in total. The Kier molecular flexibility index (Phi) is 4.63. The lowest BCUT2D eigenvalue weighted by Gasteiger charge is -2.13. The van der Waals surface area contributed by atoms with Crippen molar-refractivity contribution in [1.29, 1.82) is 0 Å². The van der Waals surface area contributed by atoms with Crippen molar-refractivity contribution in [1.82, 2.24) is 4.98 Å². The zero-order valence-corrected chi connectivity index (χ0v) is 16.1. The van der Waals surface area contributed by atoms with Gasteiger partial charge in [-0.2, -0.15) is 0 Å². The van der Waals surface area contributed by atoms with E-state index in [1.54, 1.807) is 0 Å². The Morgan fingerprint density at radius 2 is 1.28 bits per heavy atom. The van der Waals surface area contributed by atoms with Gasteiger partial charge >= 0.3 is 0 Å². The van der Waals surface area contributed by atoms with Crippen molar-refractivity contribution in [3.05, 3.63) is 127 Å². The summed E-state index contributed by atoms with van der Waals surface area (Å²) in [7, 11) is 0. The number of fused-ring (bicyclic) bond motifs is 1. The second-order valence-corrected chi connectivity index (χ2v) is 7.28. The molecule has 0 spiro atoms. The number of aromatic nitrogens is 1. The molecule has 0 bridgehead atoms. The molecule has 0 saturated carbocycles. The Bertz CT molecular complexity index is 1250. The minimum atomic E-state index is 0.880. The van der Waals surface area contributed by atoms with E-state index in [1.165, 1.54) is 38.6 Å². The van der Waals surface area contributed by atoms with E-state index >= 15 is 0 Å². The van der Waals surface area contributed by atoms with Crippen molar-refractivity contribution in [3.8, 4) is 22.4 Å². The van der Waals surface area contributed by atoms with Gasteiger partial charge in [-0.1, -0.05) is 103 Å². The fourth-order valence-corrected chi connectivity index (χ4v) is 3.93. The molecular weight excluding hydrogens is 350 g/mol. The minimum absolute atomic E-state index is 0.880. The molecule has 0 saturated heterocycles. The third-order valence-corrected chi connectivity index (χ3v) is 5.38. The molecule has 0 aliphatic heterocycles. The van der Waals surface area contributed by atoms with Crippen LogP contribution in [-0.2, 0) is 6.42 Å². The molecule has 0 amide bonds. The van der Waals surface area contributed by atoms with Crippen LogP contribution in [0.4, 0.5) is 0 Å². The molecule has 4 aromatic carbocycles. The summed E-state index contributed by atoms with van der Waals surface area (Å²) >= 11 is 0. The van der Waals surface area contributed by atoms with Gasteiger partial charge in [-0.3, -0.25) is 4.98 Å². The molecule has 1 nitrogen and oxygen atoms in total. The van der Waals surface area contributed by atoms with Crippen LogP contribution in [0.3, 0.4) is 0 Å². The van der Waals surface area contributed by atoms with E-state index in [-0.39, 0.29) is 0 Å². The predicted octanol–water partition coefficient (Wildman–Crippen LogP) is 7.16. The second kappa shape index (κ2) is 7.73. The molecule has 138 valence electrons. The van der Waals surface area contributed by atoms with Gasteiger partial charge in [0.25, 0.3) is 0 Å². The smallest absolute Gasteiger partial charge is 0.0711 e. The summed E-state index contributed by atoms with van der Waals surface area (Å²) in [4.78, 5) is 4.88. The molecule has 1 heteroatoms. The van der Waals surface area contributed by atoms with E-state index in [1.807, 2.05) is 6.20 Å². The highest BCUT2D eigenvalue weighted by molar-refractivity contribution is 5.96. The van der Waals surface area contributed by atoms with Gasteiger partial charge in [0.15, 0.2) is 0 Å². The molecule has 0 atom stereocenters. The number of benzene rings is 4. The highest BCUT2D eigenvalue weighted by Crippen LogP contribution is 2.32. The number of nitrogens with zero attached hydrogens (tertiary/aromatic N) is 1. The molecule has 1 aromatic heterocycles. The fourth-order valence-electron chi connectivity index (χ4n) is 3.93. The number of hydrogen-bond acceptors (Lipinski definition) is 1. The average molecular weight is 371 g/mol. The van der Waals surface area contributed by atoms with E-state index in [9.17, 15) is 0 Å². The van der Waals surface area contributed by atoms with E-state index in [2.05, 4.69) is 109 Å². The molecule has 5 rings (SSSR count). The van der Waals surface area contributed by atoms with Crippen molar-refractivity contribution in [2.75, 3.05) is 0 Å². The summed E-state index contributed by atoms with van der Waals surface area (Å²) in [5.41, 5.74) is 7.19. The summed E-state index contributed by atoms with van der Waals surface area (Å²) in [6.07, 6.45) is 2.91. The third-order valence-electron chi connectivity index (χ3n) is 5.38. The van der Waals surface area contributed by atoms with Gasteiger partial charge in [0, 0.05) is 17.3 Å². The standard InChI is InChI=1S/C28H21N/c1-3-10-21(11-4-1)18-24-19-28(29-20-27(24)23-12-5-2-6-13-23)26-17-9-15-22-14-7-8-16-25(22)26/h1-17,19-20H,18H2. The molecule has 5 aromatic rings. The maximum atomic E-state index is 4.88. The van der Waals surface area contributed by atoms with Crippen LogP contribution in [0.15, 0.2) is 115 Å². The summed E-state index contributed by atoms with van der Waals surface area (Å²) in [5.74, 6) is 0. The second-order valence-electron chi connectivity index (χ2n) is 7.28. The quantitative estimate of drug-likeness (QED) is 0.326. The molecule has 29 heavy (non-hydrogen) atoms. The van der Waals surface area contributed by atoms with Gasteiger partial charge in [0.2, 0.25) is 0 Å². The molecule has 1 heterocycles. The summed E-state index contributed by atoms with van der Waals surface area (Å²) in [5, 5.41) is 2.48. The van der Waals surface area contributed by atoms with E-state index in [4.69, 9.17) is 4.98 Å². The molecule has 0 radical (unpaired) electrons. The zero-order chi connectivity index (χ0) is 19.5. The first-order valence-corrected chi connectivity index (χ1v) is 9.95. The number of pyridine rings is 1. The Labute approximate surface area is 171 Å². The van der Waals surface area contributed by atoms with Crippen LogP contribution in [0.2, 0.25) is 0 Å². The van der Waals surface area contributed by atoms with Gasteiger partial charge in [-0.15, -0.1) is 0 Å². The van der Waals surface area contributed by atoms with E-state index < -0.39 is 0 Å². The van der Waals surface area contributed by atoms with Gasteiger partial charge in [0.05, 0.1) is 5.69 Å². The van der Waals surface area contributed by atoms with Crippen LogP contribution < -0.4 is 0 Å². The highest BCUT2D eigenvalue weighted by Gasteiger charge is 2.11. The lowest BCUT2D eigenvalue weighted by molar-refractivity contribution is 1.17. The van der Waals surface area contributed by atoms with Gasteiger partial charge < -0.3 is 0 Å². The number of hydrogen-bond donors (Lipinski definition) is 0. The first-order valence-electron chi connectivity index (χ1n) is 9.95. The maximum absolute atomic E-state index is 4.88. The minimum Gasteiger partial charge on any atom is -0.256 e. The van der Waals surface area contributed by atoms with Crippen LogP contribution in [-0.4, -0.2) is 4.98 Å². The molecular formula is C28H21N. The zero-order valence-electron chi connectivity index (χ0n) is 16.1. The van der Waals surface area contributed by atoms with Gasteiger partial charge in [-0.25, -0.2) is 0 Å². The molecule has 0 fully saturated rings. The van der Waals surface area contributed by atoms with Gasteiger partial charge in [-0.05, 0) is 39.9 Å². The Morgan fingerprint density at radius 3 is 2.10 bits per heavy atom. The average Bonchev–Trinajstić information content (AvgIpc) is 2.80. The lowest BCUT2D eigenvalue weighted by Crippen LogP contribution is -1.96. The van der Waals surface area contributed by atoms with Crippen LogP contribution in [0, 0.1) is 0 Å². The van der Waals surface area contributed by atoms with Crippen molar-refractivity contribution < 1.29 is 0 Å². The van der Waals surface area contributed by atoms with Crippen LogP contribution in [0.1, 0.15) is 11.1 Å². The van der Waals surface area contributed by atoms with E-state index in [0.717, 1.165) is 12.1 Å². The summed E-state index contributed by atoms with van der Waals surface area (Å²) in [6, 6.07) is 38.4. The SMILES string of the molecule is c1ccc(Cc2cc(-c3cccc4ccccc34)ncc2-c2ccccc2)cc1. The Morgan fingerprint density at radius 1 is 0.586 bits per heavy atom. The fraction of sp³-hybridized carbons (Fsp3) is 0.0357. The van der Waals surface area contributed by atoms with Crippen LogP contribution >= 0.6 is 0 Å². The largest absolute Gasteiger partial charge is 0.256 e. The third kappa shape index (κ3) is 3.55. The van der Waals surface area contributed by atoms with E-state index in [0.29, 0.717) is 0 Å². The Balaban J connectivity index is 1.67. The summed E-state index contributed by atoms with van der Waals surface area (Å²) in [6.45, 7) is 0. The van der Waals surface area contributed by atoms with Crippen molar-refractivity contribution in [2.45, 2.75) is 6.42 Å². The first-order chi connectivity index (χ1) is 14.4. The number of rotatable bonds is 4. The van der Waals surface area contributed by atoms with Crippen molar-refractivity contribution in [3.63, 3.8) is 0 Å². The first kappa shape index (κ1) is 17.4. The highest BCUT2D eigenvalue weighted by atomic mass is 14.7. The monoisotopic (exact) mass is 371 g/mol. The predicted molar refractivity (Wildman–Crippen MR) is 122 cm³/mol. The topological polar surface area (TPSA) is 12.9 Å². The molecule has 0 unspecified atom stereocenters. The van der Waals surface area contributed by atoms with Crippen LogP contribution in [0.25, 0.3) is 33.2 Å².